The highest BCUT2D eigenvalue weighted by atomic mass is 14.6. The van der Waals surface area contributed by atoms with Gasteiger partial charge in [-0.25, -0.2) is 0 Å². The van der Waals surface area contributed by atoms with Crippen LogP contribution >= 0.6 is 0 Å². The highest BCUT2D eigenvalue weighted by Crippen LogP contribution is 2.32. The summed E-state index contributed by atoms with van der Waals surface area (Å²) < 4.78 is 0. The van der Waals surface area contributed by atoms with E-state index in [1.807, 2.05) is 32.3 Å². The SMILES string of the molecule is CC.CCCCCC(C)(CC)Cc1cccnc1. The molecule has 0 aliphatic rings. The second-order valence-electron chi connectivity index (χ2n) is 5.16. The Morgan fingerprint density at radius 2 is 1.89 bits per heavy atom. The number of aromatic nitrogens is 1. The fourth-order valence-corrected chi connectivity index (χ4v) is 2.19. The number of hydrogen-bond acceptors (Lipinski definition) is 1. The van der Waals surface area contributed by atoms with E-state index in [-0.39, 0.29) is 0 Å². The molecule has 0 amide bonds. The van der Waals surface area contributed by atoms with Gasteiger partial charge in [-0.1, -0.05) is 66.4 Å². The zero-order valence-corrected chi connectivity index (χ0v) is 13.0. The molecular weight excluding hydrogens is 218 g/mol. The summed E-state index contributed by atoms with van der Waals surface area (Å²) >= 11 is 0. The smallest absolute Gasteiger partial charge is 0.0300 e. The fraction of sp³-hybridized carbons (Fsp3) is 0.706. The Morgan fingerprint density at radius 3 is 2.39 bits per heavy atom. The van der Waals surface area contributed by atoms with Crippen LogP contribution in [0, 0.1) is 5.41 Å². The van der Waals surface area contributed by atoms with Gasteiger partial charge in [0.2, 0.25) is 0 Å². The van der Waals surface area contributed by atoms with Gasteiger partial charge in [0.25, 0.3) is 0 Å². The molecule has 0 bridgehead atoms. The molecule has 1 heteroatoms. The normalized spacial score (nSPS) is 13.4. The number of hydrogen-bond donors (Lipinski definition) is 0. The fourth-order valence-electron chi connectivity index (χ4n) is 2.19. The van der Waals surface area contributed by atoms with Crippen LogP contribution in [0.1, 0.15) is 72.3 Å². The van der Waals surface area contributed by atoms with Gasteiger partial charge in [0.05, 0.1) is 0 Å². The third kappa shape index (κ3) is 6.78. The molecular formula is C17H31N. The molecule has 0 aliphatic carbocycles. The van der Waals surface area contributed by atoms with Crippen LogP contribution in [0.15, 0.2) is 24.5 Å². The van der Waals surface area contributed by atoms with Gasteiger partial charge >= 0.3 is 0 Å². The van der Waals surface area contributed by atoms with E-state index in [1.165, 1.54) is 44.1 Å². The van der Waals surface area contributed by atoms with Crippen molar-refractivity contribution in [3.05, 3.63) is 30.1 Å². The monoisotopic (exact) mass is 249 g/mol. The molecule has 0 N–H and O–H groups in total. The largest absolute Gasteiger partial charge is 0.264 e. The lowest BCUT2D eigenvalue weighted by Gasteiger charge is -2.28. The van der Waals surface area contributed by atoms with Crippen molar-refractivity contribution in [2.75, 3.05) is 0 Å². The quantitative estimate of drug-likeness (QED) is 0.569. The minimum Gasteiger partial charge on any atom is -0.264 e. The van der Waals surface area contributed by atoms with E-state index >= 15 is 0 Å². The number of rotatable bonds is 7. The second-order valence-corrected chi connectivity index (χ2v) is 5.16. The van der Waals surface area contributed by atoms with E-state index in [9.17, 15) is 0 Å². The number of unbranched alkanes of at least 4 members (excludes halogenated alkanes) is 2. The van der Waals surface area contributed by atoms with Crippen LogP contribution in [0.2, 0.25) is 0 Å². The average molecular weight is 249 g/mol. The maximum absolute atomic E-state index is 4.20. The first-order chi connectivity index (χ1) is 8.70. The van der Waals surface area contributed by atoms with Crippen molar-refractivity contribution in [3.8, 4) is 0 Å². The summed E-state index contributed by atoms with van der Waals surface area (Å²) in [5.74, 6) is 0. The average Bonchev–Trinajstić information content (AvgIpc) is 2.42. The Bertz CT molecular complexity index is 281. The summed E-state index contributed by atoms with van der Waals surface area (Å²) in [6.45, 7) is 11.0. The van der Waals surface area contributed by atoms with E-state index in [2.05, 4.69) is 31.8 Å². The van der Waals surface area contributed by atoms with E-state index in [0.29, 0.717) is 5.41 Å². The van der Waals surface area contributed by atoms with Crippen molar-refractivity contribution < 1.29 is 0 Å². The maximum atomic E-state index is 4.20. The highest BCUT2D eigenvalue weighted by molar-refractivity contribution is 5.10. The van der Waals surface area contributed by atoms with Gasteiger partial charge in [-0.05, 0) is 29.9 Å². The Labute approximate surface area is 114 Å². The molecule has 1 nitrogen and oxygen atoms in total. The lowest BCUT2D eigenvalue weighted by Crippen LogP contribution is -2.18. The predicted molar refractivity (Wildman–Crippen MR) is 81.8 cm³/mol. The van der Waals surface area contributed by atoms with E-state index < -0.39 is 0 Å². The standard InChI is InChI=1S/C15H25N.C2H6/c1-4-6-7-10-15(3,5-2)12-14-9-8-11-16-13-14;1-2/h8-9,11,13H,4-7,10,12H2,1-3H3;1-2H3. The molecule has 0 radical (unpaired) electrons. The van der Waals surface area contributed by atoms with Gasteiger partial charge in [0, 0.05) is 12.4 Å². The van der Waals surface area contributed by atoms with Crippen LogP contribution in [-0.4, -0.2) is 4.98 Å². The molecule has 18 heavy (non-hydrogen) atoms. The first-order valence-electron chi connectivity index (χ1n) is 7.59. The lowest BCUT2D eigenvalue weighted by molar-refractivity contribution is 0.271. The van der Waals surface area contributed by atoms with Crippen molar-refractivity contribution in [2.24, 2.45) is 5.41 Å². The van der Waals surface area contributed by atoms with Crippen molar-refractivity contribution >= 4 is 0 Å². The molecule has 1 unspecified atom stereocenters. The lowest BCUT2D eigenvalue weighted by atomic mass is 9.77. The summed E-state index contributed by atoms with van der Waals surface area (Å²) in [6.07, 6.45) is 11.7. The minimum absolute atomic E-state index is 0.457. The Morgan fingerprint density at radius 1 is 1.17 bits per heavy atom. The summed E-state index contributed by atoms with van der Waals surface area (Å²) in [7, 11) is 0. The Hall–Kier alpha value is -0.850. The molecule has 0 spiro atoms. The van der Waals surface area contributed by atoms with Crippen molar-refractivity contribution in [1.82, 2.24) is 4.98 Å². The topological polar surface area (TPSA) is 12.9 Å². The maximum Gasteiger partial charge on any atom is 0.0300 e. The molecule has 0 fully saturated rings. The first kappa shape index (κ1) is 17.2. The molecule has 1 heterocycles. The zero-order chi connectivity index (χ0) is 13.9. The highest BCUT2D eigenvalue weighted by Gasteiger charge is 2.21. The van der Waals surface area contributed by atoms with Crippen molar-refractivity contribution in [1.29, 1.82) is 0 Å². The summed E-state index contributed by atoms with van der Waals surface area (Å²) in [5.41, 5.74) is 1.83. The molecule has 0 saturated carbocycles. The molecule has 104 valence electrons. The Kier molecular flexibility index (Phi) is 9.63. The van der Waals surface area contributed by atoms with Crippen LogP contribution in [0.25, 0.3) is 0 Å². The first-order valence-corrected chi connectivity index (χ1v) is 7.59. The van der Waals surface area contributed by atoms with Crippen LogP contribution in [0.5, 0.6) is 0 Å². The van der Waals surface area contributed by atoms with Crippen LogP contribution in [-0.2, 0) is 6.42 Å². The van der Waals surface area contributed by atoms with Crippen molar-refractivity contribution in [2.45, 2.75) is 73.1 Å². The van der Waals surface area contributed by atoms with Crippen LogP contribution < -0.4 is 0 Å². The molecule has 1 aromatic rings. The molecule has 0 aromatic carbocycles. The van der Waals surface area contributed by atoms with E-state index in [4.69, 9.17) is 0 Å². The summed E-state index contributed by atoms with van der Waals surface area (Å²) in [6, 6.07) is 4.23. The summed E-state index contributed by atoms with van der Waals surface area (Å²) in [4.78, 5) is 4.20. The zero-order valence-electron chi connectivity index (χ0n) is 13.0. The number of pyridine rings is 1. The van der Waals surface area contributed by atoms with E-state index in [1.54, 1.807) is 0 Å². The predicted octanol–water partition coefficient (Wildman–Crippen LogP) is 5.65. The molecule has 1 rings (SSSR count). The Balaban J connectivity index is 0.00000137. The number of nitrogens with zero attached hydrogens (tertiary/aromatic N) is 1. The van der Waals surface area contributed by atoms with Crippen LogP contribution in [0.4, 0.5) is 0 Å². The third-order valence-electron chi connectivity index (χ3n) is 3.59. The third-order valence-corrected chi connectivity index (χ3v) is 3.59. The van der Waals surface area contributed by atoms with Crippen LogP contribution in [0.3, 0.4) is 0 Å². The molecule has 1 atom stereocenters. The van der Waals surface area contributed by atoms with Gasteiger partial charge in [-0.2, -0.15) is 0 Å². The van der Waals surface area contributed by atoms with Crippen molar-refractivity contribution in [3.63, 3.8) is 0 Å². The second kappa shape index (κ2) is 10.1. The summed E-state index contributed by atoms with van der Waals surface area (Å²) in [5, 5.41) is 0. The van der Waals surface area contributed by atoms with Gasteiger partial charge in [0.1, 0.15) is 0 Å². The van der Waals surface area contributed by atoms with E-state index in [0.717, 1.165) is 0 Å². The van der Waals surface area contributed by atoms with Gasteiger partial charge in [-0.15, -0.1) is 0 Å². The molecule has 0 aliphatic heterocycles. The van der Waals surface area contributed by atoms with Gasteiger partial charge < -0.3 is 0 Å². The van der Waals surface area contributed by atoms with Gasteiger partial charge in [0.15, 0.2) is 0 Å². The molecule has 0 saturated heterocycles. The minimum atomic E-state index is 0.457. The van der Waals surface area contributed by atoms with Gasteiger partial charge in [-0.3, -0.25) is 4.98 Å². The molecule has 1 aromatic heterocycles.